The van der Waals surface area contributed by atoms with Gasteiger partial charge < -0.3 is 5.53 Å². The van der Waals surface area contributed by atoms with Crippen LogP contribution < -0.4 is 0 Å². The highest BCUT2D eigenvalue weighted by Gasteiger charge is 2.30. The second-order valence-corrected chi connectivity index (χ2v) is 0.670. The zero-order valence-electron chi connectivity index (χ0n) is 2.62. The average Bonchev–Trinajstić information content (AvgIpc) is 1.33. The summed E-state index contributed by atoms with van der Waals surface area (Å²) in [7, 11) is 0. The lowest BCUT2D eigenvalue weighted by Crippen LogP contribution is -2.29. The molecule has 0 N–H and O–H groups in total. The maximum absolute atomic E-state index is 9.46. The van der Waals surface area contributed by atoms with Gasteiger partial charge in [-0.2, -0.15) is 4.79 Å². The number of hydrogen-bond donors (Lipinski definition) is 0. The minimum Gasteiger partial charge on any atom is -0.390 e. The minimum absolute atomic E-state index is 0.0255. The largest absolute Gasteiger partial charge is 0.641 e. The molecule has 0 amide bonds. The van der Waals surface area contributed by atoms with E-state index in [0.29, 0.717) is 0 Å². The standard InChI is InChI=1S/CN2O3/c2-3-5-1(4)6-3. The van der Waals surface area contributed by atoms with Gasteiger partial charge in [-0.15, -0.1) is 9.68 Å². The summed E-state index contributed by atoms with van der Waals surface area (Å²) in [5, 5.41) is -0.0255. The van der Waals surface area contributed by atoms with Gasteiger partial charge in [0.05, 0.1) is 0 Å². The Hall–Kier alpha value is -1.13. The first-order valence-corrected chi connectivity index (χ1v) is 1.18. The predicted molar refractivity (Wildman–Crippen MR) is 11.2 cm³/mol. The van der Waals surface area contributed by atoms with Crippen molar-refractivity contribution in [3.8, 4) is 0 Å². The monoisotopic (exact) mass is 88.0 g/mol. The highest BCUT2D eigenvalue weighted by molar-refractivity contribution is 5.59. The highest BCUT2D eigenvalue weighted by atomic mass is 17.1. The molecule has 1 rings (SSSR count). The van der Waals surface area contributed by atoms with Gasteiger partial charge in [-0.1, -0.05) is 0 Å². The van der Waals surface area contributed by atoms with Crippen molar-refractivity contribution in [1.29, 1.82) is 0 Å². The van der Waals surface area contributed by atoms with Crippen LogP contribution in [-0.4, -0.2) is 11.2 Å². The van der Waals surface area contributed by atoms with Gasteiger partial charge >= 0.3 is 6.16 Å². The van der Waals surface area contributed by atoms with Crippen LogP contribution in [-0.2, 0) is 9.68 Å². The zero-order chi connectivity index (χ0) is 4.57. The Balaban J connectivity index is 2.47. The van der Waals surface area contributed by atoms with E-state index in [4.69, 9.17) is 5.53 Å². The predicted octanol–water partition coefficient (Wildman–Crippen LogP) is 0.0173. The Morgan fingerprint density at radius 2 is 2.17 bits per heavy atom. The van der Waals surface area contributed by atoms with Crippen LogP contribution in [0.2, 0.25) is 0 Å². The number of nitrogens with zero attached hydrogens (tertiary/aromatic N) is 2. The third-order valence-electron chi connectivity index (χ3n) is 0.305. The Morgan fingerprint density at radius 3 is 2.17 bits per heavy atom. The normalized spacial score (nSPS) is 18.0. The van der Waals surface area contributed by atoms with Crippen LogP contribution in [0.1, 0.15) is 0 Å². The molecule has 1 saturated heterocycles. The lowest BCUT2D eigenvalue weighted by molar-refractivity contribution is -1.00. The fourth-order valence-electron chi connectivity index (χ4n) is 0.134. The van der Waals surface area contributed by atoms with Crippen molar-refractivity contribution in [3.05, 3.63) is 5.53 Å². The average molecular weight is 88.0 g/mol. The maximum Gasteiger partial charge on any atom is 0.641 e. The molecule has 0 atom stereocenters. The zero-order valence-corrected chi connectivity index (χ0v) is 2.62. The molecule has 0 radical (unpaired) electrons. The number of hydrogen-bond acceptors (Lipinski definition) is 3. The van der Waals surface area contributed by atoms with Gasteiger partial charge in [0.1, 0.15) is 0 Å². The summed E-state index contributed by atoms with van der Waals surface area (Å²) in [5.41, 5.74) is 7.79. The van der Waals surface area contributed by atoms with E-state index < -0.39 is 6.16 Å². The molecular weight excluding hydrogens is 88.0 g/mol. The van der Waals surface area contributed by atoms with Crippen molar-refractivity contribution in [2.45, 2.75) is 0 Å². The smallest absolute Gasteiger partial charge is 0.390 e. The summed E-state index contributed by atoms with van der Waals surface area (Å²) in [6.07, 6.45) is -0.891. The number of carbonyl (C=O) groups excluding carboxylic acids is 1. The SMILES string of the molecule is [N-]=[N+]1OC(=O)O1. The van der Waals surface area contributed by atoms with Crippen LogP contribution in [0.5, 0.6) is 0 Å². The van der Waals surface area contributed by atoms with Crippen molar-refractivity contribution >= 4 is 6.16 Å². The third-order valence-corrected chi connectivity index (χ3v) is 0.305. The molecule has 32 valence electrons. The molecule has 0 aromatic heterocycles. The topological polar surface area (TPSA) is 60.8 Å². The molecule has 0 aromatic rings. The summed E-state index contributed by atoms with van der Waals surface area (Å²) in [6.45, 7) is 0. The van der Waals surface area contributed by atoms with Crippen molar-refractivity contribution in [1.82, 2.24) is 0 Å². The van der Waals surface area contributed by atoms with Gasteiger partial charge in [-0.05, 0) is 0 Å². The fourth-order valence-corrected chi connectivity index (χ4v) is 0.134. The molecule has 1 fully saturated rings. The van der Waals surface area contributed by atoms with Gasteiger partial charge in [0.2, 0.25) is 0 Å². The van der Waals surface area contributed by atoms with Gasteiger partial charge in [-0.3, -0.25) is 0 Å². The van der Waals surface area contributed by atoms with Crippen LogP contribution in [0.4, 0.5) is 4.79 Å². The van der Waals surface area contributed by atoms with Crippen LogP contribution in [0, 0.1) is 0 Å². The summed E-state index contributed by atoms with van der Waals surface area (Å²) >= 11 is 0. The van der Waals surface area contributed by atoms with Crippen molar-refractivity contribution < 1.29 is 19.5 Å². The molecule has 5 heteroatoms. The van der Waals surface area contributed by atoms with Crippen LogP contribution in [0.25, 0.3) is 5.53 Å². The molecule has 1 aliphatic rings. The Kier molecular flexibility index (Phi) is 0.346. The second kappa shape index (κ2) is 0.675. The summed E-state index contributed by atoms with van der Waals surface area (Å²) in [4.78, 5) is 16.8. The maximum atomic E-state index is 9.46. The van der Waals surface area contributed by atoms with Crippen molar-refractivity contribution in [2.24, 2.45) is 0 Å². The van der Waals surface area contributed by atoms with Gasteiger partial charge in [0, 0.05) is 0 Å². The second-order valence-electron chi connectivity index (χ2n) is 0.670. The molecule has 1 heterocycles. The molecular formula is CN2O3. The van der Waals surface area contributed by atoms with E-state index in [2.05, 4.69) is 9.68 Å². The Labute approximate surface area is 32.5 Å². The van der Waals surface area contributed by atoms with E-state index in [1.807, 2.05) is 0 Å². The van der Waals surface area contributed by atoms with Crippen LogP contribution in [0.15, 0.2) is 0 Å². The Bertz CT molecular complexity index is 85.4. The van der Waals surface area contributed by atoms with Crippen molar-refractivity contribution in [2.75, 3.05) is 0 Å². The Morgan fingerprint density at radius 1 is 1.67 bits per heavy atom. The van der Waals surface area contributed by atoms with Gasteiger partial charge in [0.15, 0.2) is 5.02 Å². The molecule has 0 saturated carbocycles. The lowest BCUT2D eigenvalue weighted by Gasteiger charge is -2.02. The fraction of sp³-hybridized carbons (Fsp3) is 0. The van der Waals surface area contributed by atoms with Crippen LogP contribution in [0.3, 0.4) is 0 Å². The number of rotatable bonds is 0. The quantitative estimate of drug-likeness (QED) is 0.419. The summed E-state index contributed by atoms with van der Waals surface area (Å²) in [6, 6.07) is 0. The molecule has 6 heavy (non-hydrogen) atoms. The molecule has 0 aliphatic carbocycles. The third kappa shape index (κ3) is 0.213. The summed E-state index contributed by atoms with van der Waals surface area (Å²) < 4.78 is 0. The molecule has 1 aliphatic heterocycles. The lowest BCUT2D eigenvalue weighted by atomic mass is 11.4. The molecule has 0 unspecified atom stereocenters. The van der Waals surface area contributed by atoms with E-state index in [1.165, 1.54) is 0 Å². The highest BCUT2D eigenvalue weighted by Crippen LogP contribution is 1.97. The number of carbonyl (C=O) groups is 1. The molecule has 0 bridgehead atoms. The van der Waals surface area contributed by atoms with E-state index in [-0.39, 0.29) is 5.02 Å². The molecule has 0 spiro atoms. The van der Waals surface area contributed by atoms with Gasteiger partial charge in [-0.25, -0.2) is 0 Å². The first-order chi connectivity index (χ1) is 2.79. The summed E-state index contributed by atoms with van der Waals surface area (Å²) in [5.74, 6) is 0. The van der Waals surface area contributed by atoms with E-state index >= 15 is 0 Å². The minimum atomic E-state index is -0.891. The van der Waals surface area contributed by atoms with E-state index in [1.54, 1.807) is 0 Å². The molecule has 5 nitrogen and oxygen atoms in total. The molecule has 0 aromatic carbocycles. The first-order valence-electron chi connectivity index (χ1n) is 1.18. The van der Waals surface area contributed by atoms with E-state index in [9.17, 15) is 4.79 Å². The van der Waals surface area contributed by atoms with Crippen molar-refractivity contribution in [3.63, 3.8) is 0 Å². The van der Waals surface area contributed by atoms with Gasteiger partial charge in [0.25, 0.3) is 0 Å². The van der Waals surface area contributed by atoms with Crippen LogP contribution >= 0.6 is 0 Å². The van der Waals surface area contributed by atoms with E-state index in [0.717, 1.165) is 0 Å². The first kappa shape index (κ1) is 3.08.